The number of hydrogen-bond acceptors (Lipinski definition) is 1. The highest BCUT2D eigenvalue weighted by Gasteiger charge is 2.50. The van der Waals surface area contributed by atoms with Crippen LogP contribution < -0.4 is 0 Å². The van der Waals surface area contributed by atoms with Crippen molar-refractivity contribution in [1.82, 2.24) is 0 Å². The van der Waals surface area contributed by atoms with Crippen LogP contribution in [0.3, 0.4) is 0 Å². The molecule has 1 heteroatoms. The van der Waals surface area contributed by atoms with Crippen molar-refractivity contribution in [3.63, 3.8) is 0 Å². The fourth-order valence-electron chi connectivity index (χ4n) is 6.33. The summed E-state index contributed by atoms with van der Waals surface area (Å²) in [6, 6.07) is 19.3. The summed E-state index contributed by atoms with van der Waals surface area (Å²) in [5.41, 5.74) is 4.35. The molecule has 2 aromatic rings. The fraction of sp³-hybridized carbons (Fsp3) is 0.458. The zero-order valence-electron chi connectivity index (χ0n) is 14.9. The summed E-state index contributed by atoms with van der Waals surface area (Å²) in [5, 5.41) is 0. The van der Waals surface area contributed by atoms with Gasteiger partial charge in [0, 0.05) is 6.21 Å². The molecule has 0 aliphatic heterocycles. The molecule has 4 aliphatic rings. The van der Waals surface area contributed by atoms with Crippen LogP contribution in [-0.2, 0) is 6.42 Å². The van der Waals surface area contributed by atoms with E-state index in [9.17, 15) is 0 Å². The number of hydrogen-bond donors (Lipinski definition) is 0. The zero-order chi connectivity index (χ0) is 16.7. The lowest BCUT2D eigenvalue weighted by Crippen LogP contribution is -2.47. The molecule has 4 aliphatic carbocycles. The molecular formula is C24H27N. The van der Waals surface area contributed by atoms with E-state index in [0.717, 1.165) is 29.0 Å². The maximum Gasteiger partial charge on any atom is 0.0630 e. The third-order valence-corrected chi connectivity index (χ3v) is 6.84. The molecule has 0 spiro atoms. The van der Waals surface area contributed by atoms with E-state index in [2.05, 4.69) is 53.5 Å². The van der Waals surface area contributed by atoms with Gasteiger partial charge in [-0.15, -0.1) is 0 Å². The van der Waals surface area contributed by atoms with Crippen LogP contribution >= 0.6 is 0 Å². The van der Waals surface area contributed by atoms with E-state index in [-0.39, 0.29) is 0 Å². The van der Waals surface area contributed by atoms with Gasteiger partial charge in [0.25, 0.3) is 0 Å². The van der Waals surface area contributed by atoms with Gasteiger partial charge >= 0.3 is 0 Å². The average molecular weight is 329 g/mol. The maximum atomic E-state index is 4.62. The molecular weight excluding hydrogens is 302 g/mol. The molecule has 0 N–H and O–H groups in total. The smallest absolute Gasteiger partial charge is 0.0630 e. The molecule has 2 aromatic carbocycles. The molecule has 0 radical (unpaired) electrons. The fourth-order valence-corrected chi connectivity index (χ4v) is 6.33. The second-order valence-corrected chi connectivity index (χ2v) is 8.93. The Morgan fingerprint density at radius 1 is 0.800 bits per heavy atom. The van der Waals surface area contributed by atoms with E-state index in [1.807, 2.05) is 12.3 Å². The van der Waals surface area contributed by atoms with Gasteiger partial charge in [0.15, 0.2) is 0 Å². The Morgan fingerprint density at radius 2 is 1.40 bits per heavy atom. The van der Waals surface area contributed by atoms with Gasteiger partial charge < -0.3 is 0 Å². The van der Waals surface area contributed by atoms with E-state index < -0.39 is 0 Å². The van der Waals surface area contributed by atoms with E-state index >= 15 is 0 Å². The standard InChI is InChI=1S/C24H27N/c1-2-4-19(5-3-1)17-25-23-8-6-18(7-9-23)13-24-14-20-10-21(15-24)12-22(11-20)16-24/h1-9,17,20-22H,10-16H2. The second kappa shape index (κ2) is 6.12. The Hall–Kier alpha value is -1.89. The quantitative estimate of drug-likeness (QED) is 0.592. The second-order valence-electron chi connectivity index (χ2n) is 8.93. The molecule has 4 bridgehead atoms. The Morgan fingerprint density at radius 3 is 2.00 bits per heavy atom. The van der Waals surface area contributed by atoms with Crippen molar-refractivity contribution in [2.45, 2.75) is 44.9 Å². The molecule has 0 heterocycles. The van der Waals surface area contributed by atoms with Crippen molar-refractivity contribution >= 4 is 11.9 Å². The minimum absolute atomic E-state index is 0.629. The molecule has 0 aromatic heterocycles. The van der Waals surface area contributed by atoms with Crippen LogP contribution in [0.25, 0.3) is 0 Å². The predicted molar refractivity (Wildman–Crippen MR) is 104 cm³/mol. The zero-order valence-corrected chi connectivity index (χ0v) is 14.9. The van der Waals surface area contributed by atoms with Crippen LogP contribution in [-0.4, -0.2) is 6.21 Å². The lowest BCUT2D eigenvalue weighted by atomic mass is 9.48. The van der Waals surface area contributed by atoms with E-state index in [1.165, 1.54) is 50.5 Å². The largest absolute Gasteiger partial charge is 0.256 e. The summed E-state index contributed by atoms with van der Waals surface area (Å²) in [6.45, 7) is 0. The Balaban J connectivity index is 1.29. The topological polar surface area (TPSA) is 12.4 Å². The Bertz CT molecular complexity index is 721. The Kier molecular flexibility index (Phi) is 3.77. The van der Waals surface area contributed by atoms with Gasteiger partial charge in [-0.25, -0.2) is 0 Å². The molecule has 0 atom stereocenters. The van der Waals surface area contributed by atoms with Gasteiger partial charge in [-0.05, 0) is 91.4 Å². The van der Waals surface area contributed by atoms with Crippen molar-refractivity contribution in [1.29, 1.82) is 0 Å². The first-order valence-corrected chi connectivity index (χ1v) is 9.94. The predicted octanol–water partition coefficient (Wildman–Crippen LogP) is 6.20. The highest BCUT2D eigenvalue weighted by molar-refractivity contribution is 5.81. The summed E-state index contributed by atoms with van der Waals surface area (Å²) >= 11 is 0. The number of nitrogens with zero attached hydrogens (tertiary/aromatic N) is 1. The monoisotopic (exact) mass is 329 g/mol. The first-order chi connectivity index (χ1) is 12.3. The molecule has 0 unspecified atom stereocenters. The van der Waals surface area contributed by atoms with Crippen molar-refractivity contribution in [3.05, 3.63) is 65.7 Å². The lowest BCUT2D eigenvalue weighted by molar-refractivity contribution is -0.0521. The molecule has 0 amide bonds. The third-order valence-electron chi connectivity index (χ3n) is 6.84. The van der Waals surface area contributed by atoms with Crippen LogP contribution in [0, 0.1) is 23.2 Å². The summed E-state index contributed by atoms with van der Waals surface area (Å²) in [4.78, 5) is 4.62. The molecule has 128 valence electrons. The molecule has 4 saturated carbocycles. The number of rotatable bonds is 4. The van der Waals surface area contributed by atoms with Gasteiger partial charge in [-0.3, -0.25) is 4.99 Å². The number of benzene rings is 2. The van der Waals surface area contributed by atoms with Gasteiger partial charge in [-0.1, -0.05) is 42.5 Å². The first kappa shape index (κ1) is 15.4. The molecule has 6 rings (SSSR count). The summed E-state index contributed by atoms with van der Waals surface area (Å²) in [6.07, 6.45) is 12.3. The van der Waals surface area contributed by atoms with Crippen LogP contribution in [0.15, 0.2) is 59.6 Å². The molecule has 25 heavy (non-hydrogen) atoms. The van der Waals surface area contributed by atoms with Crippen molar-refractivity contribution < 1.29 is 0 Å². The van der Waals surface area contributed by atoms with Gasteiger partial charge in [-0.2, -0.15) is 0 Å². The van der Waals surface area contributed by atoms with Crippen LogP contribution in [0.5, 0.6) is 0 Å². The summed E-state index contributed by atoms with van der Waals surface area (Å²) < 4.78 is 0. The number of aliphatic imine (C=N–C) groups is 1. The molecule has 4 fully saturated rings. The summed E-state index contributed by atoms with van der Waals surface area (Å²) in [7, 11) is 0. The van der Waals surface area contributed by atoms with Crippen LogP contribution in [0.1, 0.15) is 49.7 Å². The third kappa shape index (κ3) is 3.17. The van der Waals surface area contributed by atoms with Crippen LogP contribution in [0.4, 0.5) is 5.69 Å². The van der Waals surface area contributed by atoms with E-state index in [0.29, 0.717) is 5.41 Å². The summed E-state index contributed by atoms with van der Waals surface area (Å²) in [5.74, 6) is 3.13. The van der Waals surface area contributed by atoms with Crippen molar-refractivity contribution in [2.75, 3.05) is 0 Å². The minimum atomic E-state index is 0.629. The first-order valence-electron chi connectivity index (χ1n) is 9.94. The average Bonchev–Trinajstić information content (AvgIpc) is 2.60. The lowest BCUT2D eigenvalue weighted by Gasteiger charge is -2.57. The maximum absolute atomic E-state index is 4.62. The molecule has 0 saturated heterocycles. The van der Waals surface area contributed by atoms with E-state index in [1.54, 1.807) is 0 Å². The van der Waals surface area contributed by atoms with Gasteiger partial charge in [0.2, 0.25) is 0 Å². The van der Waals surface area contributed by atoms with Gasteiger partial charge in [0.1, 0.15) is 0 Å². The SMILES string of the molecule is C(=Nc1ccc(CC23CC4CC(CC(C4)C2)C3)cc1)c1ccccc1. The van der Waals surface area contributed by atoms with Crippen molar-refractivity contribution in [3.8, 4) is 0 Å². The highest BCUT2D eigenvalue weighted by atomic mass is 14.7. The normalized spacial score (nSPS) is 33.2. The van der Waals surface area contributed by atoms with E-state index in [4.69, 9.17) is 0 Å². The van der Waals surface area contributed by atoms with Crippen molar-refractivity contribution in [2.24, 2.45) is 28.2 Å². The van der Waals surface area contributed by atoms with Crippen LogP contribution in [0.2, 0.25) is 0 Å². The molecule has 1 nitrogen and oxygen atoms in total. The Labute approximate surface area is 151 Å². The highest BCUT2D eigenvalue weighted by Crippen LogP contribution is 2.61. The minimum Gasteiger partial charge on any atom is -0.256 e. The van der Waals surface area contributed by atoms with Gasteiger partial charge in [0.05, 0.1) is 5.69 Å².